The van der Waals surface area contributed by atoms with Crippen LogP contribution in [-0.2, 0) is 4.79 Å². The summed E-state index contributed by atoms with van der Waals surface area (Å²) in [5.74, 6) is 0.287. The lowest BCUT2D eigenvalue weighted by molar-refractivity contribution is -0.114. The molecule has 0 aliphatic carbocycles. The minimum absolute atomic E-state index is 0.0728. The van der Waals surface area contributed by atoms with Crippen LogP contribution in [0.1, 0.15) is 10.6 Å². The van der Waals surface area contributed by atoms with Gasteiger partial charge in [-0.25, -0.2) is 0 Å². The quantitative estimate of drug-likeness (QED) is 0.595. The van der Waals surface area contributed by atoms with Gasteiger partial charge in [-0.1, -0.05) is 18.2 Å². The fourth-order valence-corrected chi connectivity index (χ4v) is 2.45. The second kappa shape index (κ2) is 8.57. The summed E-state index contributed by atoms with van der Waals surface area (Å²) in [6.07, 6.45) is 1.43. The first-order chi connectivity index (χ1) is 13.2. The minimum atomic E-state index is -0.360. The number of methoxy groups -OCH3 is 1. The topological polar surface area (TPSA) is 92.6 Å². The van der Waals surface area contributed by atoms with E-state index >= 15 is 0 Å². The Balaban J connectivity index is 1.57. The van der Waals surface area contributed by atoms with Crippen LogP contribution in [0.4, 0.5) is 17.1 Å². The largest absolute Gasteiger partial charge is 0.495 e. The van der Waals surface area contributed by atoms with Crippen LogP contribution >= 0.6 is 0 Å². The first kappa shape index (κ1) is 18.1. The molecule has 0 spiro atoms. The molecular formula is C20H19N3O4. The van der Waals surface area contributed by atoms with Crippen LogP contribution in [0.15, 0.2) is 71.3 Å². The molecule has 0 atom stereocenters. The van der Waals surface area contributed by atoms with Gasteiger partial charge in [0.1, 0.15) is 5.75 Å². The van der Waals surface area contributed by atoms with E-state index < -0.39 is 0 Å². The highest BCUT2D eigenvalue weighted by Gasteiger charge is 2.10. The zero-order valence-corrected chi connectivity index (χ0v) is 14.7. The number of benzene rings is 2. The Morgan fingerprint density at radius 1 is 0.963 bits per heavy atom. The summed E-state index contributed by atoms with van der Waals surface area (Å²) in [5, 5.41) is 8.53. The molecule has 7 nitrogen and oxygen atoms in total. The molecule has 0 aliphatic rings. The summed E-state index contributed by atoms with van der Waals surface area (Å²) in [5.41, 5.74) is 1.85. The number of ether oxygens (including phenoxy) is 1. The predicted molar refractivity (Wildman–Crippen MR) is 103 cm³/mol. The Morgan fingerprint density at radius 3 is 2.48 bits per heavy atom. The maximum atomic E-state index is 12.2. The van der Waals surface area contributed by atoms with Crippen LogP contribution in [0.2, 0.25) is 0 Å². The van der Waals surface area contributed by atoms with Crippen LogP contribution in [0.3, 0.4) is 0 Å². The molecule has 1 aromatic heterocycles. The number of nitrogens with one attached hydrogen (secondary N) is 3. The van der Waals surface area contributed by atoms with Gasteiger partial charge in [-0.15, -0.1) is 0 Å². The van der Waals surface area contributed by atoms with E-state index in [-0.39, 0.29) is 24.1 Å². The van der Waals surface area contributed by atoms with E-state index in [1.807, 2.05) is 24.3 Å². The van der Waals surface area contributed by atoms with Gasteiger partial charge in [0, 0.05) is 11.4 Å². The average Bonchev–Trinajstić information content (AvgIpc) is 3.22. The SMILES string of the molecule is COc1ccccc1NCC(=O)Nc1cccc(NC(=O)c2ccco2)c1. The molecule has 0 aliphatic heterocycles. The number of anilines is 3. The van der Waals surface area contributed by atoms with Crippen molar-refractivity contribution in [3.8, 4) is 5.75 Å². The summed E-state index contributed by atoms with van der Waals surface area (Å²) in [6.45, 7) is 0.0728. The van der Waals surface area contributed by atoms with E-state index in [0.29, 0.717) is 17.1 Å². The van der Waals surface area contributed by atoms with Crippen LogP contribution in [-0.4, -0.2) is 25.5 Å². The maximum absolute atomic E-state index is 12.2. The molecule has 138 valence electrons. The van der Waals surface area contributed by atoms with E-state index in [9.17, 15) is 9.59 Å². The fourth-order valence-electron chi connectivity index (χ4n) is 2.45. The van der Waals surface area contributed by atoms with Gasteiger partial charge in [-0.2, -0.15) is 0 Å². The zero-order valence-electron chi connectivity index (χ0n) is 14.7. The van der Waals surface area contributed by atoms with E-state index in [1.54, 1.807) is 43.5 Å². The van der Waals surface area contributed by atoms with E-state index in [4.69, 9.17) is 9.15 Å². The van der Waals surface area contributed by atoms with Crippen molar-refractivity contribution in [2.24, 2.45) is 0 Å². The van der Waals surface area contributed by atoms with Gasteiger partial charge in [0.05, 0.1) is 25.6 Å². The first-order valence-corrected chi connectivity index (χ1v) is 8.27. The van der Waals surface area contributed by atoms with Crippen molar-refractivity contribution < 1.29 is 18.7 Å². The Morgan fingerprint density at radius 2 is 1.74 bits per heavy atom. The molecule has 3 rings (SSSR count). The van der Waals surface area contributed by atoms with Gasteiger partial charge < -0.3 is 25.1 Å². The molecule has 0 unspecified atom stereocenters. The molecule has 27 heavy (non-hydrogen) atoms. The number of furan rings is 1. The Bertz CT molecular complexity index is 922. The number of rotatable bonds is 7. The molecule has 1 heterocycles. The Kier molecular flexibility index (Phi) is 5.73. The highest BCUT2D eigenvalue weighted by molar-refractivity contribution is 6.02. The van der Waals surface area contributed by atoms with Crippen molar-refractivity contribution in [2.45, 2.75) is 0 Å². The number of hydrogen-bond donors (Lipinski definition) is 3. The molecule has 7 heteroatoms. The normalized spacial score (nSPS) is 10.1. The second-order valence-electron chi connectivity index (χ2n) is 5.61. The highest BCUT2D eigenvalue weighted by atomic mass is 16.5. The van der Waals surface area contributed by atoms with Gasteiger partial charge >= 0.3 is 0 Å². The summed E-state index contributed by atoms with van der Waals surface area (Å²) < 4.78 is 10.3. The molecule has 0 fully saturated rings. The van der Waals surface area contributed by atoms with Crippen molar-refractivity contribution in [1.82, 2.24) is 0 Å². The monoisotopic (exact) mass is 365 g/mol. The second-order valence-corrected chi connectivity index (χ2v) is 5.61. The first-order valence-electron chi connectivity index (χ1n) is 8.27. The third-order valence-corrected chi connectivity index (χ3v) is 3.70. The standard InChI is InChI=1S/C20H19N3O4/c1-26-17-9-3-2-8-16(17)21-13-19(24)22-14-6-4-7-15(12-14)23-20(25)18-10-5-11-27-18/h2-12,21H,13H2,1H3,(H,22,24)(H,23,25). The minimum Gasteiger partial charge on any atom is -0.495 e. The van der Waals surface area contributed by atoms with E-state index in [1.165, 1.54) is 6.26 Å². The Labute approximate surface area is 156 Å². The average molecular weight is 365 g/mol. The number of carbonyl (C=O) groups is 2. The third-order valence-electron chi connectivity index (χ3n) is 3.70. The highest BCUT2D eigenvalue weighted by Crippen LogP contribution is 2.22. The summed E-state index contributed by atoms with van der Waals surface area (Å²) in [4.78, 5) is 24.2. The van der Waals surface area contributed by atoms with Gasteiger partial charge in [-0.3, -0.25) is 9.59 Å². The van der Waals surface area contributed by atoms with Crippen molar-refractivity contribution in [3.63, 3.8) is 0 Å². The molecule has 0 saturated heterocycles. The summed E-state index contributed by atoms with van der Waals surface area (Å²) in [6, 6.07) is 17.4. The van der Waals surface area contributed by atoms with Gasteiger partial charge in [-0.05, 0) is 42.5 Å². The van der Waals surface area contributed by atoms with Gasteiger partial charge in [0.15, 0.2) is 5.76 Å². The van der Waals surface area contributed by atoms with Crippen LogP contribution in [0, 0.1) is 0 Å². The third kappa shape index (κ3) is 4.88. The van der Waals surface area contributed by atoms with Gasteiger partial charge in [0.25, 0.3) is 5.91 Å². The fraction of sp³-hybridized carbons (Fsp3) is 0.100. The van der Waals surface area contributed by atoms with Crippen LogP contribution < -0.4 is 20.7 Å². The van der Waals surface area contributed by atoms with Crippen molar-refractivity contribution in [1.29, 1.82) is 0 Å². The molecule has 0 radical (unpaired) electrons. The molecule has 0 saturated carbocycles. The molecule has 2 amide bonds. The van der Waals surface area contributed by atoms with Crippen LogP contribution in [0.25, 0.3) is 0 Å². The maximum Gasteiger partial charge on any atom is 0.291 e. The number of carbonyl (C=O) groups excluding carboxylic acids is 2. The smallest absolute Gasteiger partial charge is 0.291 e. The van der Waals surface area contributed by atoms with Crippen LogP contribution in [0.5, 0.6) is 5.75 Å². The number of para-hydroxylation sites is 2. The molecular weight excluding hydrogens is 346 g/mol. The Hall–Kier alpha value is -3.74. The summed E-state index contributed by atoms with van der Waals surface area (Å²) in [7, 11) is 1.57. The lowest BCUT2D eigenvalue weighted by Gasteiger charge is -2.11. The zero-order chi connectivity index (χ0) is 19.1. The van der Waals surface area contributed by atoms with Crippen molar-refractivity contribution in [2.75, 3.05) is 29.6 Å². The summed E-state index contributed by atoms with van der Waals surface area (Å²) >= 11 is 0. The van der Waals surface area contributed by atoms with Gasteiger partial charge in [0.2, 0.25) is 5.91 Å². The lowest BCUT2D eigenvalue weighted by atomic mass is 10.2. The van der Waals surface area contributed by atoms with E-state index in [0.717, 1.165) is 5.69 Å². The van der Waals surface area contributed by atoms with Crippen molar-refractivity contribution >= 4 is 28.9 Å². The van der Waals surface area contributed by atoms with E-state index in [2.05, 4.69) is 16.0 Å². The predicted octanol–water partition coefficient (Wildman–Crippen LogP) is 3.59. The number of hydrogen-bond acceptors (Lipinski definition) is 5. The molecule has 3 aromatic rings. The molecule has 3 N–H and O–H groups in total. The van der Waals surface area contributed by atoms with Crippen molar-refractivity contribution in [3.05, 3.63) is 72.7 Å². The lowest BCUT2D eigenvalue weighted by Crippen LogP contribution is -2.22. The molecule has 2 aromatic carbocycles. The number of amides is 2. The molecule has 0 bridgehead atoms.